The summed E-state index contributed by atoms with van der Waals surface area (Å²) in [5, 5.41) is 12.8. The molecule has 1 N–H and O–H groups in total. The molecule has 146 valence electrons. The predicted octanol–water partition coefficient (Wildman–Crippen LogP) is 4.21. The molecule has 0 spiro atoms. The van der Waals surface area contributed by atoms with Crippen LogP contribution in [0.5, 0.6) is 0 Å². The fourth-order valence-electron chi connectivity index (χ4n) is 3.42. The first-order chi connectivity index (χ1) is 14.0. The van der Waals surface area contributed by atoms with Gasteiger partial charge in [-0.15, -0.1) is 11.3 Å². The zero-order valence-electron chi connectivity index (χ0n) is 15.5. The fourth-order valence-corrected chi connectivity index (χ4v) is 4.27. The van der Waals surface area contributed by atoms with E-state index in [1.165, 1.54) is 34.4 Å². The molecule has 2 aromatic heterocycles. The lowest BCUT2D eigenvalue weighted by Gasteiger charge is -2.24. The molecule has 7 heteroatoms. The van der Waals surface area contributed by atoms with E-state index in [1.807, 2.05) is 23.6 Å². The van der Waals surface area contributed by atoms with Crippen LogP contribution in [0.1, 0.15) is 27.6 Å². The van der Waals surface area contributed by atoms with Gasteiger partial charge in [0.15, 0.2) is 0 Å². The number of hydrogen-bond acceptors (Lipinski definition) is 5. The number of nitrogens with zero attached hydrogens (tertiary/aromatic N) is 2. The third-order valence-corrected chi connectivity index (χ3v) is 5.78. The van der Waals surface area contributed by atoms with E-state index in [9.17, 15) is 19.1 Å². The lowest BCUT2D eigenvalue weighted by molar-refractivity contribution is -0.140. The van der Waals surface area contributed by atoms with Crippen LogP contribution in [0, 0.1) is 12.7 Å². The third kappa shape index (κ3) is 3.45. The number of carbonyl (C=O) groups excluding carboxylic acids is 2. The molecule has 1 unspecified atom stereocenters. The van der Waals surface area contributed by atoms with Gasteiger partial charge in [0, 0.05) is 29.4 Å². The molecular formula is C22H17FN2O3S. The molecule has 5 nitrogen and oxygen atoms in total. The summed E-state index contributed by atoms with van der Waals surface area (Å²) in [5.41, 5.74) is 1.41. The fraction of sp³-hybridized carbons (Fsp3) is 0.136. The molecule has 1 amide bonds. The summed E-state index contributed by atoms with van der Waals surface area (Å²) in [4.78, 5) is 32.0. The Kier molecular flexibility index (Phi) is 4.98. The largest absolute Gasteiger partial charge is 0.507 e. The maximum absolute atomic E-state index is 13.7. The minimum atomic E-state index is -0.758. The SMILES string of the molecule is Cc1cc(/C(O)=C2/C(=O)C(=O)N(Cc3cccnc3)C2c2cccs2)ccc1F. The highest BCUT2D eigenvalue weighted by atomic mass is 32.1. The second kappa shape index (κ2) is 7.60. The number of aliphatic hydroxyl groups is 1. The number of amides is 1. The van der Waals surface area contributed by atoms with E-state index in [0.29, 0.717) is 11.1 Å². The van der Waals surface area contributed by atoms with Crippen LogP contribution in [0.15, 0.2) is 65.8 Å². The first-order valence-electron chi connectivity index (χ1n) is 8.94. The predicted molar refractivity (Wildman–Crippen MR) is 108 cm³/mol. The lowest BCUT2D eigenvalue weighted by Crippen LogP contribution is -2.28. The number of carbonyl (C=O) groups is 2. The topological polar surface area (TPSA) is 70.5 Å². The number of likely N-dealkylation sites (tertiary alicyclic amines) is 1. The Bertz CT molecular complexity index is 1110. The second-order valence-corrected chi connectivity index (χ2v) is 7.75. The van der Waals surface area contributed by atoms with Crippen LogP contribution in [-0.2, 0) is 16.1 Å². The first kappa shape index (κ1) is 19.0. The minimum absolute atomic E-state index is 0.00680. The van der Waals surface area contributed by atoms with Gasteiger partial charge in [0.25, 0.3) is 11.7 Å². The number of hydrogen-bond donors (Lipinski definition) is 1. The van der Waals surface area contributed by atoms with Crippen molar-refractivity contribution >= 4 is 28.8 Å². The number of aryl methyl sites for hydroxylation is 1. The summed E-state index contributed by atoms with van der Waals surface area (Å²) >= 11 is 1.39. The van der Waals surface area contributed by atoms with E-state index in [2.05, 4.69) is 4.98 Å². The number of benzene rings is 1. The van der Waals surface area contributed by atoms with Gasteiger partial charge in [0.1, 0.15) is 11.6 Å². The van der Waals surface area contributed by atoms with E-state index in [-0.39, 0.29) is 17.9 Å². The molecule has 1 aromatic carbocycles. The average molecular weight is 408 g/mol. The Morgan fingerprint density at radius 2 is 2.07 bits per heavy atom. The molecule has 1 aliphatic heterocycles. The molecule has 29 heavy (non-hydrogen) atoms. The first-order valence-corrected chi connectivity index (χ1v) is 9.82. The van der Waals surface area contributed by atoms with Crippen molar-refractivity contribution in [2.45, 2.75) is 19.5 Å². The van der Waals surface area contributed by atoms with Gasteiger partial charge >= 0.3 is 0 Å². The van der Waals surface area contributed by atoms with Crippen LogP contribution in [0.3, 0.4) is 0 Å². The summed E-state index contributed by atoms with van der Waals surface area (Å²) < 4.78 is 13.7. The van der Waals surface area contributed by atoms with E-state index in [1.54, 1.807) is 25.4 Å². The summed E-state index contributed by atoms with van der Waals surface area (Å²) in [6, 6.07) is 10.6. The number of aromatic nitrogens is 1. The molecule has 3 heterocycles. The monoisotopic (exact) mass is 408 g/mol. The normalized spacial score (nSPS) is 18.4. The maximum atomic E-state index is 13.7. The van der Waals surface area contributed by atoms with Gasteiger partial charge in [-0.05, 0) is 53.8 Å². The van der Waals surface area contributed by atoms with Crippen LogP contribution >= 0.6 is 11.3 Å². The highest BCUT2D eigenvalue weighted by Gasteiger charge is 2.46. The summed E-state index contributed by atoms with van der Waals surface area (Å²) in [7, 11) is 0. The maximum Gasteiger partial charge on any atom is 0.295 e. The molecule has 1 atom stereocenters. The number of halogens is 1. The van der Waals surface area contributed by atoms with Crippen molar-refractivity contribution in [3.8, 4) is 0 Å². The molecule has 1 aliphatic rings. The number of thiophene rings is 1. The average Bonchev–Trinajstić information content (AvgIpc) is 3.33. The molecule has 0 saturated carbocycles. The lowest BCUT2D eigenvalue weighted by atomic mass is 9.99. The van der Waals surface area contributed by atoms with Gasteiger partial charge < -0.3 is 10.0 Å². The standard InChI is InChI=1S/C22H17FN2O3S/c1-13-10-15(6-7-16(13)23)20(26)18-19(17-5-3-9-29-17)25(22(28)21(18)27)12-14-4-2-8-24-11-14/h2-11,19,26H,12H2,1H3/b20-18-. The quantitative estimate of drug-likeness (QED) is 0.399. The van der Waals surface area contributed by atoms with Crippen LogP contribution in [0.4, 0.5) is 4.39 Å². The van der Waals surface area contributed by atoms with Gasteiger partial charge in [0.05, 0.1) is 11.6 Å². The molecule has 4 rings (SSSR count). The van der Waals surface area contributed by atoms with Crippen molar-refractivity contribution < 1.29 is 19.1 Å². The van der Waals surface area contributed by atoms with Gasteiger partial charge in [0.2, 0.25) is 0 Å². The van der Waals surface area contributed by atoms with Crippen molar-refractivity contribution in [3.05, 3.63) is 93.2 Å². The molecular weight excluding hydrogens is 391 g/mol. The van der Waals surface area contributed by atoms with Crippen molar-refractivity contribution in [1.82, 2.24) is 9.88 Å². The van der Waals surface area contributed by atoms with Crippen LogP contribution in [0.2, 0.25) is 0 Å². The number of rotatable bonds is 4. The smallest absolute Gasteiger partial charge is 0.295 e. The molecule has 0 radical (unpaired) electrons. The molecule has 1 saturated heterocycles. The van der Waals surface area contributed by atoms with Crippen LogP contribution in [0.25, 0.3) is 5.76 Å². The van der Waals surface area contributed by atoms with E-state index in [4.69, 9.17) is 0 Å². The molecule has 1 fully saturated rings. The van der Waals surface area contributed by atoms with E-state index in [0.717, 1.165) is 10.4 Å². The van der Waals surface area contributed by atoms with Crippen LogP contribution in [-0.4, -0.2) is 26.7 Å². The van der Waals surface area contributed by atoms with Gasteiger partial charge in [-0.1, -0.05) is 12.1 Å². The Balaban J connectivity index is 1.84. The van der Waals surface area contributed by atoms with Gasteiger partial charge in [-0.3, -0.25) is 14.6 Å². The van der Waals surface area contributed by atoms with Crippen molar-refractivity contribution in [2.75, 3.05) is 0 Å². The summed E-state index contributed by atoms with van der Waals surface area (Å²) in [6.45, 7) is 1.75. The Labute approximate surface area is 170 Å². The zero-order valence-corrected chi connectivity index (χ0v) is 16.3. The summed E-state index contributed by atoms with van der Waals surface area (Å²) in [6.07, 6.45) is 3.26. The highest BCUT2D eigenvalue weighted by molar-refractivity contribution is 7.10. The Hall–Kier alpha value is -3.32. The summed E-state index contributed by atoms with van der Waals surface area (Å²) in [5.74, 6) is -2.16. The number of aliphatic hydroxyl groups excluding tert-OH is 1. The van der Waals surface area contributed by atoms with E-state index >= 15 is 0 Å². The Morgan fingerprint density at radius 3 is 2.72 bits per heavy atom. The van der Waals surface area contributed by atoms with Gasteiger partial charge in [-0.25, -0.2) is 4.39 Å². The van der Waals surface area contributed by atoms with Crippen LogP contribution < -0.4 is 0 Å². The number of Topliss-reactive ketones (excluding diaryl/α,β-unsaturated/α-hetero) is 1. The van der Waals surface area contributed by atoms with E-state index < -0.39 is 23.5 Å². The molecule has 0 bridgehead atoms. The second-order valence-electron chi connectivity index (χ2n) is 6.77. The molecule has 0 aliphatic carbocycles. The Morgan fingerprint density at radius 1 is 1.24 bits per heavy atom. The zero-order chi connectivity index (χ0) is 20.5. The highest BCUT2D eigenvalue weighted by Crippen LogP contribution is 2.41. The molecule has 3 aromatic rings. The minimum Gasteiger partial charge on any atom is -0.507 e. The third-order valence-electron chi connectivity index (χ3n) is 4.86. The van der Waals surface area contributed by atoms with Crippen molar-refractivity contribution in [3.63, 3.8) is 0 Å². The van der Waals surface area contributed by atoms with Crippen molar-refractivity contribution in [1.29, 1.82) is 0 Å². The van der Waals surface area contributed by atoms with Gasteiger partial charge in [-0.2, -0.15) is 0 Å². The number of pyridine rings is 1. The number of ketones is 1. The van der Waals surface area contributed by atoms with Crippen molar-refractivity contribution in [2.24, 2.45) is 0 Å².